The Balaban J connectivity index is 1.05. The number of aromatic nitrogens is 1. The van der Waals surface area contributed by atoms with Crippen molar-refractivity contribution in [2.75, 3.05) is 9.80 Å². The van der Waals surface area contributed by atoms with Crippen molar-refractivity contribution < 1.29 is 4.42 Å². The zero-order valence-corrected chi connectivity index (χ0v) is 33.3. The molecule has 0 amide bonds. The van der Waals surface area contributed by atoms with E-state index in [1.165, 1.54) is 22.3 Å². The Kier molecular flexibility index (Phi) is 9.14. The second-order valence-corrected chi connectivity index (χ2v) is 15.2. The smallest absolute Gasteiger partial charge is 0.227 e. The minimum absolute atomic E-state index is 0.571. The van der Waals surface area contributed by atoms with Gasteiger partial charge in [-0.2, -0.15) is 0 Å². The monoisotopic (exact) mass is 781 g/mol. The Labute approximate surface area is 354 Å². The summed E-state index contributed by atoms with van der Waals surface area (Å²) in [6.07, 6.45) is 0. The third-order valence-electron chi connectivity index (χ3n) is 11.5. The first-order chi connectivity index (χ1) is 30.2. The number of para-hydroxylation sites is 2. The summed E-state index contributed by atoms with van der Waals surface area (Å²) in [6.45, 7) is 0. The summed E-state index contributed by atoms with van der Waals surface area (Å²) in [5, 5.41) is 4.33. The van der Waals surface area contributed by atoms with Crippen LogP contribution in [0.4, 0.5) is 34.1 Å². The number of rotatable bonds is 9. The van der Waals surface area contributed by atoms with Crippen molar-refractivity contribution in [1.29, 1.82) is 0 Å². The topological polar surface area (TPSA) is 32.5 Å². The van der Waals surface area contributed by atoms with Crippen LogP contribution < -0.4 is 9.80 Å². The van der Waals surface area contributed by atoms with Crippen molar-refractivity contribution in [1.82, 2.24) is 4.98 Å². The van der Waals surface area contributed by atoms with Crippen molar-refractivity contribution in [3.8, 4) is 33.7 Å². The number of benzene rings is 10. The molecule has 0 aliphatic heterocycles. The van der Waals surface area contributed by atoms with Crippen LogP contribution in [-0.2, 0) is 0 Å². The minimum Gasteiger partial charge on any atom is -0.435 e. The number of hydrogen-bond donors (Lipinski definition) is 0. The first-order valence-electron chi connectivity index (χ1n) is 20.6. The van der Waals surface area contributed by atoms with E-state index in [-0.39, 0.29) is 0 Å². The lowest BCUT2D eigenvalue weighted by Gasteiger charge is -2.26. The largest absolute Gasteiger partial charge is 0.435 e. The maximum Gasteiger partial charge on any atom is 0.227 e. The highest BCUT2D eigenvalue weighted by atomic mass is 16.3. The molecule has 0 atom stereocenters. The van der Waals surface area contributed by atoms with E-state index in [0.717, 1.165) is 72.3 Å². The van der Waals surface area contributed by atoms with E-state index in [4.69, 9.17) is 9.40 Å². The third-order valence-corrected chi connectivity index (χ3v) is 11.5. The molecule has 4 heteroatoms. The molecule has 0 saturated heterocycles. The Morgan fingerprint density at radius 3 is 1.23 bits per heavy atom. The lowest BCUT2D eigenvalue weighted by Crippen LogP contribution is -2.10. The molecule has 0 aliphatic rings. The molecule has 0 saturated carbocycles. The first-order valence-corrected chi connectivity index (χ1v) is 20.6. The number of hydrogen-bond acceptors (Lipinski definition) is 4. The van der Waals surface area contributed by atoms with E-state index in [1.54, 1.807) is 0 Å². The van der Waals surface area contributed by atoms with Crippen LogP contribution in [0.3, 0.4) is 0 Å². The molecule has 0 spiro atoms. The van der Waals surface area contributed by atoms with E-state index in [1.807, 2.05) is 0 Å². The number of anilines is 6. The van der Waals surface area contributed by atoms with Crippen LogP contribution in [0.2, 0.25) is 0 Å². The van der Waals surface area contributed by atoms with Gasteiger partial charge in [-0.3, -0.25) is 0 Å². The van der Waals surface area contributed by atoms with E-state index < -0.39 is 0 Å². The molecule has 0 aliphatic carbocycles. The SMILES string of the molecule is c1ccc(-c2ccc(N(c3ccc(-c4ccccc4)cc3)c3cccc(-c4nc5c6cc(N(c7ccccc7)c7ccccc7)ccc6c6ccccc6c5o4)c3)cc2)cc1. The van der Waals surface area contributed by atoms with Gasteiger partial charge in [-0.25, -0.2) is 4.98 Å². The summed E-state index contributed by atoms with van der Waals surface area (Å²) in [5.41, 5.74) is 13.5. The predicted octanol–water partition coefficient (Wildman–Crippen LogP) is 16.1. The van der Waals surface area contributed by atoms with E-state index in [9.17, 15) is 0 Å². The predicted molar refractivity (Wildman–Crippen MR) is 255 cm³/mol. The summed E-state index contributed by atoms with van der Waals surface area (Å²) in [6, 6.07) is 83.3. The highest BCUT2D eigenvalue weighted by molar-refractivity contribution is 6.23. The molecular formula is C57H39N3O. The van der Waals surface area contributed by atoms with Gasteiger partial charge in [0.05, 0.1) is 0 Å². The Hall–Kier alpha value is -8.21. The summed E-state index contributed by atoms with van der Waals surface area (Å²) in [4.78, 5) is 9.93. The van der Waals surface area contributed by atoms with Crippen LogP contribution in [0, 0.1) is 0 Å². The summed E-state index contributed by atoms with van der Waals surface area (Å²) >= 11 is 0. The average Bonchev–Trinajstić information content (AvgIpc) is 3.80. The minimum atomic E-state index is 0.571. The number of fused-ring (bicyclic) bond motifs is 6. The molecule has 0 radical (unpaired) electrons. The van der Waals surface area contributed by atoms with Crippen LogP contribution in [-0.4, -0.2) is 4.98 Å². The van der Waals surface area contributed by atoms with Gasteiger partial charge in [0.1, 0.15) is 5.52 Å². The Bertz CT molecular complexity index is 3150. The number of oxazole rings is 1. The van der Waals surface area contributed by atoms with Crippen molar-refractivity contribution in [3.63, 3.8) is 0 Å². The molecule has 1 aromatic heterocycles. The molecule has 0 unspecified atom stereocenters. The van der Waals surface area contributed by atoms with Crippen molar-refractivity contribution in [2.24, 2.45) is 0 Å². The lowest BCUT2D eigenvalue weighted by atomic mass is 9.99. The second-order valence-electron chi connectivity index (χ2n) is 15.2. The molecule has 10 aromatic carbocycles. The summed E-state index contributed by atoms with van der Waals surface area (Å²) in [5.74, 6) is 0.571. The standard InChI is InChI=1S/C57H39N3O/c1-5-16-40(17-6-1)42-28-32-47(33-29-42)60(48-34-30-43(31-35-48)41-18-7-2-8-19-41)49-25-15-20-44(38-49)57-58-55-54-39-50(36-37-52(54)51-26-13-14-27-53(51)56(55)61-57)59(45-21-9-3-10-22-45)46-23-11-4-12-24-46/h1-39H. The van der Waals surface area contributed by atoms with Crippen LogP contribution in [0.5, 0.6) is 0 Å². The highest BCUT2D eigenvalue weighted by Gasteiger charge is 2.21. The van der Waals surface area contributed by atoms with Gasteiger partial charge in [-0.05, 0) is 112 Å². The van der Waals surface area contributed by atoms with Gasteiger partial charge >= 0.3 is 0 Å². The second kappa shape index (κ2) is 15.5. The van der Waals surface area contributed by atoms with Gasteiger partial charge in [0.15, 0.2) is 5.58 Å². The Morgan fingerprint density at radius 2 is 0.672 bits per heavy atom. The van der Waals surface area contributed by atoms with Crippen LogP contribution in [0.15, 0.2) is 241 Å². The van der Waals surface area contributed by atoms with E-state index in [2.05, 4.69) is 246 Å². The molecule has 11 rings (SSSR count). The van der Waals surface area contributed by atoms with Crippen molar-refractivity contribution in [3.05, 3.63) is 237 Å². The quantitative estimate of drug-likeness (QED) is 0.137. The van der Waals surface area contributed by atoms with Crippen LogP contribution >= 0.6 is 0 Å². The summed E-state index contributed by atoms with van der Waals surface area (Å²) in [7, 11) is 0. The van der Waals surface area contributed by atoms with Gasteiger partial charge in [0, 0.05) is 50.5 Å². The molecular weight excluding hydrogens is 743 g/mol. The highest BCUT2D eigenvalue weighted by Crippen LogP contribution is 2.43. The zero-order chi connectivity index (χ0) is 40.5. The fourth-order valence-electron chi connectivity index (χ4n) is 8.52. The van der Waals surface area contributed by atoms with Gasteiger partial charge in [-0.1, -0.05) is 158 Å². The molecule has 288 valence electrons. The number of nitrogens with zero attached hydrogens (tertiary/aromatic N) is 3. The average molecular weight is 782 g/mol. The summed E-state index contributed by atoms with van der Waals surface area (Å²) < 4.78 is 6.88. The maximum absolute atomic E-state index is 6.88. The van der Waals surface area contributed by atoms with Crippen LogP contribution in [0.1, 0.15) is 0 Å². The molecule has 1 heterocycles. The Morgan fingerprint density at radius 1 is 0.279 bits per heavy atom. The van der Waals surface area contributed by atoms with Crippen molar-refractivity contribution in [2.45, 2.75) is 0 Å². The van der Waals surface area contributed by atoms with Gasteiger partial charge < -0.3 is 14.2 Å². The third kappa shape index (κ3) is 6.76. The van der Waals surface area contributed by atoms with E-state index >= 15 is 0 Å². The molecule has 0 N–H and O–H groups in total. The zero-order valence-electron chi connectivity index (χ0n) is 33.3. The van der Waals surface area contributed by atoms with Gasteiger partial charge in [-0.15, -0.1) is 0 Å². The fraction of sp³-hybridized carbons (Fsp3) is 0. The maximum atomic E-state index is 6.88. The normalized spacial score (nSPS) is 11.3. The van der Waals surface area contributed by atoms with Gasteiger partial charge in [0.25, 0.3) is 0 Å². The van der Waals surface area contributed by atoms with Crippen LogP contribution in [0.25, 0.3) is 66.4 Å². The first kappa shape index (κ1) is 35.9. The van der Waals surface area contributed by atoms with E-state index in [0.29, 0.717) is 5.89 Å². The molecule has 0 bridgehead atoms. The fourth-order valence-corrected chi connectivity index (χ4v) is 8.52. The van der Waals surface area contributed by atoms with Crippen molar-refractivity contribution >= 4 is 66.8 Å². The molecule has 4 nitrogen and oxygen atoms in total. The molecule has 11 aromatic rings. The molecule has 61 heavy (non-hydrogen) atoms. The van der Waals surface area contributed by atoms with Gasteiger partial charge in [0.2, 0.25) is 5.89 Å². The molecule has 0 fully saturated rings. The lowest BCUT2D eigenvalue weighted by molar-refractivity contribution is 0.623.